The first-order chi connectivity index (χ1) is 14.8. The van der Waals surface area contributed by atoms with Crippen LogP contribution in [0.5, 0.6) is 5.75 Å². The summed E-state index contributed by atoms with van der Waals surface area (Å²) in [5.74, 6) is -0.226. The van der Waals surface area contributed by atoms with Crippen LogP contribution >= 0.6 is 0 Å². The van der Waals surface area contributed by atoms with Crippen LogP contribution < -0.4 is 10.1 Å². The molecule has 0 bridgehead atoms. The van der Waals surface area contributed by atoms with Crippen molar-refractivity contribution < 1.29 is 19.1 Å². The Morgan fingerprint density at radius 1 is 1.16 bits per heavy atom. The van der Waals surface area contributed by atoms with Crippen LogP contribution in [0.2, 0.25) is 0 Å². The Balaban J connectivity index is 1.90. The second-order valence-electron chi connectivity index (χ2n) is 8.85. The molecule has 162 valence electrons. The number of carbonyl (C=O) groups is 2. The number of carbonyl (C=O) groups excluding carboxylic acids is 2. The molecule has 31 heavy (non-hydrogen) atoms. The molecule has 2 aromatic rings. The Morgan fingerprint density at radius 2 is 1.87 bits per heavy atom. The van der Waals surface area contributed by atoms with E-state index in [2.05, 4.69) is 29.4 Å². The van der Waals surface area contributed by atoms with Crippen molar-refractivity contribution in [2.75, 3.05) is 14.2 Å². The molecule has 0 radical (unpaired) electrons. The van der Waals surface area contributed by atoms with Crippen molar-refractivity contribution in [2.24, 2.45) is 5.41 Å². The minimum Gasteiger partial charge on any atom is -0.497 e. The number of hydrogen-bond acceptors (Lipinski definition) is 6. The normalized spacial score (nSPS) is 20.3. The van der Waals surface area contributed by atoms with Crippen molar-refractivity contribution >= 4 is 11.8 Å². The molecule has 0 saturated carbocycles. The van der Waals surface area contributed by atoms with Crippen LogP contribution in [0.1, 0.15) is 45.1 Å². The predicted molar refractivity (Wildman–Crippen MR) is 116 cm³/mol. The van der Waals surface area contributed by atoms with E-state index in [1.807, 2.05) is 31.2 Å². The first-order valence-corrected chi connectivity index (χ1v) is 10.3. The molecule has 0 fully saturated rings. The average Bonchev–Trinajstić information content (AvgIpc) is 3.20. The number of H-pyrrole nitrogens is 1. The van der Waals surface area contributed by atoms with Crippen LogP contribution in [0, 0.1) is 5.41 Å². The molecule has 2 N–H and O–H groups in total. The minimum atomic E-state index is -0.553. The van der Waals surface area contributed by atoms with Crippen LogP contribution in [0.15, 0.2) is 53.0 Å². The molecule has 1 aromatic heterocycles. The molecule has 0 amide bonds. The summed E-state index contributed by atoms with van der Waals surface area (Å²) >= 11 is 0. The number of dihydropyridines is 1. The second-order valence-corrected chi connectivity index (χ2v) is 8.85. The van der Waals surface area contributed by atoms with Gasteiger partial charge in [-0.15, -0.1) is 0 Å². The highest BCUT2D eigenvalue weighted by Crippen LogP contribution is 2.48. The zero-order valence-electron chi connectivity index (χ0n) is 18.5. The van der Waals surface area contributed by atoms with E-state index >= 15 is 0 Å². The van der Waals surface area contributed by atoms with E-state index in [0.29, 0.717) is 23.3 Å². The van der Waals surface area contributed by atoms with Gasteiger partial charge in [0.1, 0.15) is 5.75 Å². The molecule has 2 heterocycles. The Labute approximate surface area is 181 Å². The maximum Gasteiger partial charge on any atom is 0.336 e. The summed E-state index contributed by atoms with van der Waals surface area (Å²) < 4.78 is 10.4. The highest BCUT2D eigenvalue weighted by atomic mass is 16.5. The first kappa shape index (κ1) is 20.9. The van der Waals surface area contributed by atoms with Crippen molar-refractivity contribution in [1.82, 2.24) is 15.5 Å². The van der Waals surface area contributed by atoms with Crippen LogP contribution in [-0.4, -0.2) is 36.2 Å². The van der Waals surface area contributed by atoms with Crippen molar-refractivity contribution in [2.45, 2.75) is 39.5 Å². The first-order valence-electron chi connectivity index (χ1n) is 10.3. The third-order valence-corrected chi connectivity index (χ3v) is 6.00. The number of methoxy groups -OCH3 is 2. The summed E-state index contributed by atoms with van der Waals surface area (Å²) in [4.78, 5) is 26.1. The van der Waals surface area contributed by atoms with E-state index in [0.717, 1.165) is 34.7 Å². The Hall–Kier alpha value is -3.35. The zero-order valence-corrected chi connectivity index (χ0v) is 18.5. The molecule has 1 aliphatic heterocycles. The Bertz CT molecular complexity index is 1110. The third kappa shape index (κ3) is 3.65. The summed E-state index contributed by atoms with van der Waals surface area (Å²) in [5.41, 5.74) is 4.90. The highest BCUT2D eigenvalue weighted by molar-refractivity contribution is 6.04. The summed E-state index contributed by atoms with van der Waals surface area (Å²) in [6.45, 7) is 6.02. The van der Waals surface area contributed by atoms with Gasteiger partial charge >= 0.3 is 5.97 Å². The van der Waals surface area contributed by atoms with Gasteiger partial charge in [0.15, 0.2) is 5.78 Å². The van der Waals surface area contributed by atoms with E-state index < -0.39 is 11.9 Å². The lowest BCUT2D eigenvalue weighted by Gasteiger charge is -2.39. The Kier molecular flexibility index (Phi) is 5.21. The topological polar surface area (TPSA) is 93.3 Å². The average molecular weight is 421 g/mol. The molecule has 4 rings (SSSR count). The van der Waals surface area contributed by atoms with Gasteiger partial charge in [0.2, 0.25) is 0 Å². The molecule has 1 atom stereocenters. The maximum absolute atomic E-state index is 13.3. The fraction of sp³-hybridized carbons (Fsp3) is 0.375. The summed E-state index contributed by atoms with van der Waals surface area (Å²) in [5, 5.41) is 10.6. The quantitative estimate of drug-likeness (QED) is 0.728. The van der Waals surface area contributed by atoms with Crippen molar-refractivity contribution in [3.05, 3.63) is 58.6 Å². The van der Waals surface area contributed by atoms with E-state index in [-0.39, 0.29) is 11.2 Å². The molecule has 1 aliphatic carbocycles. The van der Waals surface area contributed by atoms with Crippen LogP contribution in [0.25, 0.3) is 11.3 Å². The number of esters is 1. The summed E-state index contributed by atoms with van der Waals surface area (Å²) in [6.07, 6.45) is 2.85. The van der Waals surface area contributed by atoms with Gasteiger partial charge < -0.3 is 14.8 Å². The lowest BCUT2D eigenvalue weighted by molar-refractivity contribution is -0.136. The van der Waals surface area contributed by atoms with Gasteiger partial charge in [0.05, 0.1) is 37.6 Å². The minimum absolute atomic E-state index is 0.0412. The van der Waals surface area contributed by atoms with Gasteiger partial charge in [-0.2, -0.15) is 5.10 Å². The van der Waals surface area contributed by atoms with Gasteiger partial charge in [0.25, 0.3) is 0 Å². The van der Waals surface area contributed by atoms with Gasteiger partial charge in [-0.05, 0) is 43.0 Å². The maximum atomic E-state index is 13.3. The van der Waals surface area contributed by atoms with Crippen LogP contribution in [0.3, 0.4) is 0 Å². The lowest BCUT2D eigenvalue weighted by Crippen LogP contribution is -2.38. The number of benzene rings is 1. The number of ether oxygens (including phenoxy) is 2. The molecule has 7 heteroatoms. The molecule has 1 aromatic carbocycles. The number of aromatic nitrogens is 2. The molecule has 2 aliphatic rings. The summed E-state index contributed by atoms with van der Waals surface area (Å²) in [7, 11) is 2.97. The second kappa shape index (κ2) is 7.72. The number of rotatable bonds is 4. The third-order valence-electron chi connectivity index (χ3n) is 6.00. The standard InChI is InChI=1S/C24H27N3O4/c1-13-19(23(29)31-5)20(21-17(26-13)10-24(2,3)11-18(21)28)16-12-25-27-22(16)14-6-8-15(30-4)9-7-14/h6-9,12,20,26H,10-11H2,1-5H3,(H,25,27). The fourth-order valence-electron chi connectivity index (χ4n) is 4.63. The van der Waals surface area contributed by atoms with E-state index in [1.165, 1.54) is 7.11 Å². The summed E-state index contributed by atoms with van der Waals surface area (Å²) in [6, 6.07) is 7.58. The van der Waals surface area contributed by atoms with Gasteiger partial charge in [-0.1, -0.05) is 13.8 Å². The fourth-order valence-corrected chi connectivity index (χ4v) is 4.63. The number of hydrogen-bond donors (Lipinski definition) is 2. The van der Waals surface area contributed by atoms with Crippen LogP contribution in [0.4, 0.5) is 0 Å². The van der Waals surface area contributed by atoms with E-state index in [4.69, 9.17) is 9.47 Å². The molecule has 0 saturated heterocycles. The molecule has 1 unspecified atom stereocenters. The molecule has 7 nitrogen and oxygen atoms in total. The monoisotopic (exact) mass is 421 g/mol. The van der Waals surface area contributed by atoms with Gasteiger partial charge in [-0.3, -0.25) is 9.89 Å². The largest absolute Gasteiger partial charge is 0.497 e. The number of allylic oxidation sites excluding steroid dienone is 3. The number of aromatic amines is 1. The van der Waals surface area contributed by atoms with Gasteiger partial charge in [-0.25, -0.2) is 4.79 Å². The molecular formula is C24H27N3O4. The predicted octanol–water partition coefficient (Wildman–Crippen LogP) is 3.86. The molecule has 0 spiro atoms. The highest BCUT2D eigenvalue weighted by Gasteiger charge is 2.44. The number of ketones is 1. The number of Topliss-reactive ketones (excluding diaryl/α,β-unsaturated/α-hetero) is 1. The van der Waals surface area contributed by atoms with Crippen molar-refractivity contribution in [3.63, 3.8) is 0 Å². The SMILES string of the molecule is COC(=O)C1=C(C)NC2=C(C(=O)CC(C)(C)C2)C1c1cn[nH]c1-c1ccc(OC)cc1. The van der Waals surface area contributed by atoms with Crippen molar-refractivity contribution in [3.8, 4) is 17.0 Å². The van der Waals surface area contributed by atoms with E-state index in [1.54, 1.807) is 13.3 Å². The smallest absolute Gasteiger partial charge is 0.336 e. The number of nitrogens with zero attached hydrogens (tertiary/aromatic N) is 1. The molecular weight excluding hydrogens is 394 g/mol. The van der Waals surface area contributed by atoms with Gasteiger partial charge in [0, 0.05) is 34.5 Å². The van der Waals surface area contributed by atoms with Crippen molar-refractivity contribution in [1.29, 1.82) is 0 Å². The van der Waals surface area contributed by atoms with Crippen LogP contribution in [-0.2, 0) is 14.3 Å². The zero-order chi connectivity index (χ0) is 22.3. The lowest BCUT2D eigenvalue weighted by atomic mass is 9.68. The number of nitrogens with one attached hydrogen (secondary N) is 2. The van der Waals surface area contributed by atoms with E-state index in [9.17, 15) is 9.59 Å². The Morgan fingerprint density at radius 3 is 2.52 bits per heavy atom.